The van der Waals surface area contributed by atoms with Crippen molar-refractivity contribution in [3.8, 4) is 0 Å². The number of anilines is 1. The van der Waals surface area contributed by atoms with Crippen LogP contribution < -0.4 is 5.32 Å². The first-order valence-corrected chi connectivity index (χ1v) is 5.10. The molecule has 16 heavy (non-hydrogen) atoms. The molecule has 5 heteroatoms. The first kappa shape index (κ1) is 12.4. The number of hydrogen-bond acceptors (Lipinski definition) is 3. The van der Waals surface area contributed by atoms with Crippen LogP contribution in [0.5, 0.6) is 0 Å². The van der Waals surface area contributed by atoms with E-state index >= 15 is 0 Å². The van der Waals surface area contributed by atoms with Crippen LogP contribution in [0.1, 0.15) is 13.8 Å². The van der Waals surface area contributed by atoms with E-state index in [2.05, 4.69) is 10.3 Å². The van der Waals surface area contributed by atoms with Crippen molar-refractivity contribution in [3.63, 3.8) is 0 Å². The molecule has 0 heterocycles. The second kappa shape index (κ2) is 5.45. The van der Waals surface area contributed by atoms with Crippen LogP contribution in [-0.4, -0.2) is 12.0 Å². The van der Waals surface area contributed by atoms with E-state index in [0.717, 1.165) is 0 Å². The fourth-order valence-corrected chi connectivity index (χ4v) is 1.20. The Kier molecular flexibility index (Phi) is 4.23. The summed E-state index contributed by atoms with van der Waals surface area (Å²) in [7, 11) is 0. The lowest BCUT2D eigenvalue weighted by Crippen LogP contribution is -2.17. The van der Waals surface area contributed by atoms with E-state index in [9.17, 15) is 9.59 Å². The summed E-state index contributed by atoms with van der Waals surface area (Å²) < 4.78 is 0. The zero-order chi connectivity index (χ0) is 12.1. The number of aliphatic imine (C=N–C) groups is 1. The third kappa shape index (κ3) is 3.19. The Morgan fingerprint density at radius 1 is 1.50 bits per heavy atom. The van der Waals surface area contributed by atoms with E-state index in [1.54, 1.807) is 26.0 Å². The number of hydrogen-bond donors (Lipinski definition) is 1. The highest BCUT2D eigenvalue weighted by Gasteiger charge is 2.10. The van der Waals surface area contributed by atoms with Gasteiger partial charge in [0.2, 0.25) is 12.0 Å². The van der Waals surface area contributed by atoms with Crippen LogP contribution in [0.3, 0.4) is 0 Å². The maximum Gasteiger partial charge on any atom is 0.240 e. The predicted octanol–water partition coefficient (Wildman–Crippen LogP) is 2.90. The van der Waals surface area contributed by atoms with Crippen molar-refractivity contribution in [2.45, 2.75) is 13.8 Å². The molecule has 0 aromatic heterocycles. The number of carbonyl (C=O) groups is 1. The maximum atomic E-state index is 11.5. The van der Waals surface area contributed by atoms with Crippen molar-refractivity contribution in [3.05, 3.63) is 23.2 Å². The molecule has 0 bridgehead atoms. The summed E-state index contributed by atoms with van der Waals surface area (Å²) >= 11 is 5.75. The average Bonchev–Trinajstić information content (AvgIpc) is 2.22. The SMILES string of the molecule is CC(C)C(=O)Nc1ccc(Cl)cc1N=C=O. The van der Waals surface area contributed by atoms with Crippen LogP contribution in [-0.2, 0) is 9.59 Å². The van der Waals surface area contributed by atoms with Crippen LogP contribution in [0.2, 0.25) is 5.02 Å². The number of halogens is 1. The van der Waals surface area contributed by atoms with Crippen molar-refractivity contribution in [2.24, 2.45) is 10.9 Å². The number of nitrogens with one attached hydrogen (secondary N) is 1. The number of benzene rings is 1. The molecule has 0 aliphatic rings. The molecule has 1 N–H and O–H groups in total. The molecule has 0 radical (unpaired) electrons. The summed E-state index contributed by atoms with van der Waals surface area (Å²) in [6, 6.07) is 4.70. The molecule has 1 rings (SSSR count). The Morgan fingerprint density at radius 3 is 2.75 bits per heavy atom. The molecular weight excluding hydrogens is 228 g/mol. The Bertz CT molecular complexity index is 451. The minimum atomic E-state index is -0.149. The Hall–Kier alpha value is -1.64. The summed E-state index contributed by atoms with van der Waals surface area (Å²) in [6.07, 6.45) is 1.42. The lowest BCUT2D eigenvalue weighted by molar-refractivity contribution is -0.118. The number of rotatable bonds is 3. The zero-order valence-corrected chi connectivity index (χ0v) is 9.71. The number of nitrogens with zero attached hydrogens (tertiary/aromatic N) is 1. The Balaban J connectivity index is 3.03. The van der Waals surface area contributed by atoms with E-state index in [0.29, 0.717) is 16.4 Å². The Morgan fingerprint density at radius 2 is 2.19 bits per heavy atom. The van der Waals surface area contributed by atoms with E-state index in [-0.39, 0.29) is 11.8 Å². The van der Waals surface area contributed by atoms with Crippen LogP contribution >= 0.6 is 11.6 Å². The summed E-state index contributed by atoms with van der Waals surface area (Å²) in [6.45, 7) is 3.54. The third-order valence-electron chi connectivity index (χ3n) is 1.91. The fourth-order valence-electron chi connectivity index (χ4n) is 1.03. The van der Waals surface area contributed by atoms with Crippen molar-refractivity contribution in [1.29, 1.82) is 0 Å². The highest BCUT2D eigenvalue weighted by molar-refractivity contribution is 6.31. The zero-order valence-electron chi connectivity index (χ0n) is 8.95. The molecule has 0 atom stereocenters. The molecule has 0 aliphatic heterocycles. The fraction of sp³-hybridized carbons (Fsp3) is 0.273. The molecule has 0 unspecified atom stereocenters. The van der Waals surface area contributed by atoms with Gasteiger partial charge in [-0.05, 0) is 18.2 Å². The van der Waals surface area contributed by atoms with Gasteiger partial charge in [0.15, 0.2) is 0 Å². The van der Waals surface area contributed by atoms with Gasteiger partial charge in [0, 0.05) is 10.9 Å². The van der Waals surface area contributed by atoms with E-state index < -0.39 is 0 Å². The van der Waals surface area contributed by atoms with Gasteiger partial charge < -0.3 is 5.32 Å². The Labute approximate surface area is 98.3 Å². The highest BCUT2D eigenvalue weighted by atomic mass is 35.5. The number of isocyanates is 1. The quantitative estimate of drug-likeness (QED) is 0.650. The van der Waals surface area contributed by atoms with Crippen LogP contribution in [0.25, 0.3) is 0 Å². The van der Waals surface area contributed by atoms with E-state index in [1.165, 1.54) is 12.1 Å². The van der Waals surface area contributed by atoms with Gasteiger partial charge in [-0.1, -0.05) is 25.4 Å². The van der Waals surface area contributed by atoms with Gasteiger partial charge >= 0.3 is 0 Å². The van der Waals surface area contributed by atoms with Gasteiger partial charge in [0.25, 0.3) is 0 Å². The predicted molar refractivity (Wildman–Crippen MR) is 62.7 cm³/mol. The first-order chi connectivity index (χ1) is 7.54. The molecule has 0 saturated heterocycles. The monoisotopic (exact) mass is 238 g/mol. The van der Waals surface area contributed by atoms with Crippen molar-refractivity contribution in [2.75, 3.05) is 5.32 Å². The summed E-state index contributed by atoms with van der Waals surface area (Å²) in [4.78, 5) is 25.2. The average molecular weight is 239 g/mol. The maximum absolute atomic E-state index is 11.5. The van der Waals surface area contributed by atoms with Gasteiger partial charge in [-0.3, -0.25) is 4.79 Å². The number of carbonyl (C=O) groups excluding carboxylic acids is 2. The molecular formula is C11H11ClN2O2. The second-order valence-electron chi connectivity index (χ2n) is 3.51. The molecule has 0 fully saturated rings. The molecule has 84 valence electrons. The van der Waals surface area contributed by atoms with Gasteiger partial charge in [-0.15, -0.1) is 0 Å². The van der Waals surface area contributed by atoms with Gasteiger partial charge in [0.1, 0.15) is 5.69 Å². The van der Waals surface area contributed by atoms with E-state index in [4.69, 9.17) is 11.6 Å². The van der Waals surface area contributed by atoms with E-state index in [1.807, 2.05) is 0 Å². The summed E-state index contributed by atoms with van der Waals surface area (Å²) in [5.74, 6) is -0.298. The van der Waals surface area contributed by atoms with Gasteiger partial charge in [0.05, 0.1) is 5.69 Å². The lowest BCUT2D eigenvalue weighted by atomic mass is 10.2. The molecule has 4 nitrogen and oxygen atoms in total. The smallest absolute Gasteiger partial charge is 0.240 e. The standard InChI is InChI=1S/C11H11ClN2O2/c1-7(2)11(16)14-9-4-3-8(12)5-10(9)13-6-15/h3-5,7H,1-2H3,(H,14,16). The summed E-state index contributed by atoms with van der Waals surface area (Å²) in [5, 5.41) is 3.09. The van der Waals surface area contributed by atoms with Crippen LogP contribution in [0.15, 0.2) is 23.2 Å². The first-order valence-electron chi connectivity index (χ1n) is 4.73. The van der Waals surface area contributed by atoms with Gasteiger partial charge in [-0.2, -0.15) is 4.99 Å². The molecule has 1 amide bonds. The lowest BCUT2D eigenvalue weighted by Gasteiger charge is -2.09. The van der Waals surface area contributed by atoms with Crippen LogP contribution in [0.4, 0.5) is 11.4 Å². The molecule has 0 aliphatic carbocycles. The molecule has 0 saturated carbocycles. The van der Waals surface area contributed by atoms with Crippen LogP contribution in [0, 0.1) is 5.92 Å². The van der Waals surface area contributed by atoms with Crippen molar-refractivity contribution < 1.29 is 9.59 Å². The minimum Gasteiger partial charge on any atom is -0.324 e. The molecule has 0 spiro atoms. The summed E-state index contributed by atoms with van der Waals surface area (Å²) in [5.41, 5.74) is 0.753. The minimum absolute atomic E-state index is 0.148. The largest absolute Gasteiger partial charge is 0.324 e. The van der Waals surface area contributed by atoms with Gasteiger partial charge in [-0.25, -0.2) is 4.79 Å². The molecule has 1 aromatic carbocycles. The van der Waals surface area contributed by atoms with Crippen molar-refractivity contribution in [1.82, 2.24) is 0 Å². The topological polar surface area (TPSA) is 58.5 Å². The molecule has 1 aromatic rings. The number of amides is 1. The second-order valence-corrected chi connectivity index (χ2v) is 3.94. The highest BCUT2D eigenvalue weighted by Crippen LogP contribution is 2.28. The van der Waals surface area contributed by atoms with Crippen molar-refractivity contribution >= 4 is 35.0 Å². The third-order valence-corrected chi connectivity index (χ3v) is 2.14. The normalized spacial score (nSPS) is 9.75.